The molecular weight excluding hydrogens is 488 g/mol. The highest BCUT2D eigenvalue weighted by Gasteiger charge is 2.55. The molecule has 1 aliphatic heterocycles. The number of pyridine rings is 1. The zero-order valence-corrected chi connectivity index (χ0v) is 21.3. The molecule has 3 aromatic heterocycles. The molecule has 4 bridgehead atoms. The molecule has 4 aliphatic carbocycles. The van der Waals surface area contributed by atoms with Crippen molar-refractivity contribution in [3.63, 3.8) is 0 Å². The van der Waals surface area contributed by atoms with Crippen LogP contribution in [0.1, 0.15) is 62.5 Å². The fourth-order valence-corrected chi connectivity index (χ4v) is 7.60. The number of H-pyrrole nitrogens is 1. The van der Waals surface area contributed by atoms with Gasteiger partial charge in [-0.1, -0.05) is 5.16 Å². The molecule has 200 valence electrons. The maximum absolute atomic E-state index is 12.9. The zero-order valence-electron chi connectivity index (χ0n) is 21.3. The number of likely N-dealkylation sites (tertiary alicyclic amines) is 1. The minimum absolute atomic E-state index is 0.0403. The Morgan fingerprint density at radius 2 is 1.92 bits per heavy atom. The number of aromatic amines is 1. The molecule has 3 aromatic rings. The Balaban J connectivity index is 1.13. The molecule has 4 heterocycles. The number of hydrogen-bond acceptors (Lipinski definition) is 9. The first-order valence-corrected chi connectivity index (χ1v) is 13.6. The lowest BCUT2D eigenvalue weighted by Gasteiger charge is -2.58. The van der Waals surface area contributed by atoms with Crippen LogP contribution in [0.25, 0.3) is 22.6 Å². The van der Waals surface area contributed by atoms with Crippen LogP contribution in [0.3, 0.4) is 0 Å². The highest BCUT2D eigenvalue weighted by molar-refractivity contribution is 5.95. The van der Waals surface area contributed by atoms with Gasteiger partial charge in [0.1, 0.15) is 5.52 Å². The predicted molar refractivity (Wildman–Crippen MR) is 136 cm³/mol. The molecule has 5 atom stereocenters. The lowest BCUT2D eigenvalue weighted by atomic mass is 9.52. The second kappa shape index (κ2) is 8.75. The van der Waals surface area contributed by atoms with E-state index in [4.69, 9.17) is 4.52 Å². The number of aromatic nitrogens is 5. The van der Waals surface area contributed by atoms with Crippen molar-refractivity contribution < 1.29 is 19.2 Å². The number of aliphatic hydroxyl groups is 1. The molecule has 0 aromatic carbocycles. The number of amides is 2. The van der Waals surface area contributed by atoms with E-state index < -0.39 is 11.5 Å². The summed E-state index contributed by atoms with van der Waals surface area (Å²) in [7, 11) is 0. The van der Waals surface area contributed by atoms with Crippen LogP contribution >= 0.6 is 0 Å². The third-order valence-corrected chi connectivity index (χ3v) is 9.14. The summed E-state index contributed by atoms with van der Waals surface area (Å²) in [6.45, 7) is 2.79. The molecule has 38 heavy (non-hydrogen) atoms. The number of piperidine rings is 1. The van der Waals surface area contributed by atoms with Gasteiger partial charge in [-0.2, -0.15) is 4.98 Å². The van der Waals surface area contributed by atoms with Crippen molar-refractivity contribution in [3.8, 4) is 11.5 Å². The first kappa shape index (κ1) is 23.6. The van der Waals surface area contributed by atoms with Gasteiger partial charge in [0.2, 0.25) is 5.91 Å². The third-order valence-electron chi connectivity index (χ3n) is 9.14. The number of nitrogens with one attached hydrogen (secondary N) is 3. The van der Waals surface area contributed by atoms with E-state index in [1.54, 1.807) is 24.3 Å². The first-order chi connectivity index (χ1) is 18.3. The Labute approximate surface area is 219 Å². The summed E-state index contributed by atoms with van der Waals surface area (Å²) in [5, 5.41) is 21.7. The summed E-state index contributed by atoms with van der Waals surface area (Å²) in [5.41, 5.74) is 2.19. The Bertz CT molecular complexity index is 1380. The van der Waals surface area contributed by atoms with E-state index in [0.29, 0.717) is 54.9 Å². The van der Waals surface area contributed by atoms with Gasteiger partial charge in [0, 0.05) is 38.3 Å². The van der Waals surface area contributed by atoms with Crippen molar-refractivity contribution in [1.29, 1.82) is 0 Å². The van der Waals surface area contributed by atoms with E-state index in [1.807, 2.05) is 0 Å². The summed E-state index contributed by atoms with van der Waals surface area (Å²) in [5.74, 6) is 1.20. The van der Waals surface area contributed by atoms with Crippen molar-refractivity contribution in [3.05, 3.63) is 18.3 Å². The van der Waals surface area contributed by atoms with Gasteiger partial charge in [0.15, 0.2) is 5.65 Å². The van der Waals surface area contributed by atoms with Crippen LogP contribution in [0, 0.1) is 17.8 Å². The van der Waals surface area contributed by atoms with Crippen molar-refractivity contribution in [2.24, 2.45) is 17.8 Å². The van der Waals surface area contributed by atoms with E-state index >= 15 is 0 Å². The van der Waals surface area contributed by atoms with E-state index in [0.717, 1.165) is 43.3 Å². The number of hydrogen-bond donors (Lipinski definition) is 4. The standard InChI is InChI=1S/C26H32N8O4/c1-13(35)34-4-2-17(3-5-34)30-24(36)23-32-25(38-33-23)18-11-27-22-21(28-12-29-22)20(18)31-19-15-6-14-7-16(19)10-26(37,8-14)9-15/h11-12,14-17,19,37H,2-10H2,1H3,(H,30,36)(H2,27,28,29,31)/t14?,15-,16+,19?,26?. The monoisotopic (exact) mass is 520 g/mol. The lowest BCUT2D eigenvalue weighted by molar-refractivity contribution is -0.130. The van der Waals surface area contributed by atoms with Gasteiger partial charge in [-0.15, -0.1) is 0 Å². The maximum Gasteiger partial charge on any atom is 0.292 e. The molecule has 3 unspecified atom stereocenters. The molecule has 4 N–H and O–H groups in total. The number of carbonyl (C=O) groups excluding carboxylic acids is 2. The van der Waals surface area contributed by atoms with Crippen LogP contribution < -0.4 is 10.6 Å². The average molecular weight is 521 g/mol. The molecule has 8 rings (SSSR count). The predicted octanol–water partition coefficient (Wildman–Crippen LogP) is 2.10. The zero-order chi connectivity index (χ0) is 26.0. The van der Waals surface area contributed by atoms with Crippen molar-refractivity contribution in [1.82, 2.24) is 35.3 Å². The molecule has 5 aliphatic rings. The van der Waals surface area contributed by atoms with Gasteiger partial charge < -0.3 is 30.1 Å². The fourth-order valence-electron chi connectivity index (χ4n) is 7.60. The van der Waals surface area contributed by atoms with Crippen LogP contribution in [-0.4, -0.2) is 77.7 Å². The van der Waals surface area contributed by atoms with Gasteiger partial charge in [-0.25, -0.2) is 9.97 Å². The average Bonchev–Trinajstić information content (AvgIpc) is 3.56. The van der Waals surface area contributed by atoms with Gasteiger partial charge >= 0.3 is 0 Å². The van der Waals surface area contributed by atoms with Crippen molar-refractivity contribution in [2.75, 3.05) is 18.4 Å². The van der Waals surface area contributed by atoms with E-state index in [1.165, 1.54) is 0 Å². The van der Waals surface area contributed by atoms with Crippen LogP contribution in [0.2, 0.25) is 0 Å². The largest absolute Gasteiger partial charge is 0.390 e. The highest BCUT2D eigenvalue weighted by Crippen LogP contribution is 2.56. The number of carbonyl (C=O) groups is 2. The van der Waals surface area contributed by atoms with Crippen LogP contribution in [0.15, 0.2) is 17.0 Å². The van der Waals surface area contributed by atoms with Gasteiger partial charge in [-0.05, 0) is 62.7 Å². The number of imidazole rings is 1. The number of nitrogens with zero attached hydrogens (tertiary/aromatic N) is 5. The maximum atomic E-state index is 12.9. The first-order valence-electron chi connectivity index (χ1n) is 13.6. The summed E-state index contributed by atoms with van der Waals surface area (Å²) in [4.78, 5) is 42.7. The second-order valence-electron chi connectivity index (χ2n) is 11.7. The van der Waals surface area contributed by atoms with Gasteiger partial charge in [-0.3, -0.25) is 9.59 Å². The minimum atomic E-state index is -0.517. The second-order valence-corrected chi connectivity index (χ2v) is 11.7. The van der Waals surface area contributed by atoms with Crippen molar-refractivity contribution >= 4 is 28.7 Å². The lowest BCUT2D eigenvalue weighted by Crippen LogP contribution is -2.59. The number of fused-ring (bicyclic) bond motifs is 1. The van der Waals surface area contributed by atoms with E-state index in [2.05, 4.69) is 35.7 Å². The molecular formula is C26H32N8O4. The molecule has 12 heteroatoms. The molecule has 4 saturated carbocycles. The van der Waals surface area contributed by atoms with Crippen LogP contribution in [0.5, 0.6) is 0 Å². The number of anilines is 1. The SMILES string of the molecule is CC(=O)N1CCC(NC(=O)c2noc(-c3cnc4nc[nH]c4c3NC3[C@@H]4CC5C[C@H]3CC(O)(C5)C4)n2)CC1. The van der Waals surface area contributed by atoms with E-state index in [9.17, 15) is 14.7 Å². The van der Waals surface area contributed by atoms with Gasteiger partial charge in [0.25, 0.3) is 17.6 Å². The fraction of sp³-hybridized carbons (Fsp3) is 0.615. The van der Waals surface area contributed by atoms with Crippen LogP contribution in [-0.2, 0) is 4.79 Å². The molecule has 5 fully saturated rings. The van der Waals surface area contributed by atoms with Gasteiger partial charge in [0.05, 0.1) is 23.2 Å². The summed E-state index contributed by atoms with van der Waals surface area (Å²) in [6.07, 6.45) is 9.45. The Kier molecular flexibility index (Phi) is 5.43. The van der Waals surface area contributed by atoms with E-state index in [-0.39, 0.29) is 29.7 Å². The Hall–Kier alpha value is -3.54. The summed E-state index contributed by atoms with van der Waals surface area (Å²) < 4.78 is 5.57. The minimum Gasteiger partial charge on any atom is -0.390 e. The molecule has 0 radical (unpaired) electrons. The molecule has 2 amide bonds. The summed E-state index contributed by atoms with van der Waals surface area (Å²) in [6, 6.07) is 0.165. The number of rotatable bonds is 5. The smallest absolute Gasteiger partial charge is 0.292 e. The van der Waals surface area contributed by atoms with Crippen LogP contribution in [0.4, 0.5) is 5.69 Å². The topological polar surface area (TPSA) is 162 Å². The molecule has 0 spiro atoms. The Morgan fingerprint density at radius 3 is 2.63 bits per heavy atom. The van der Waals surface area contributed by atoms with Crippen molar-refractivity contribution in [2.45, 2.75) is 69.6 Å². The third kappa shape index (κ3) is 4.01. The Morgan fingerprint density at radius 1 is 1.16 bits per heavy atom. The molecule has 1 saturated heterocycles. The summed E-state index contributed by atoms with van der Waals surface area (Å²) >= 11 is 0. The quantitative estimate of drug-likeness (QED) is 0.395. The normalized spacial score (nSPS) is 30.6. The highest BCUT2D eigenvalue weighted by atomic mass is 16.5. The molecule has 12 nitrogen and oxygen atoms in total.